The molecule has 19 heavy (non-hydrogen) atoms. The van der Waals surface area contributed by atoms with Crippen molar-refractivity contribution < 1.29 is 23.8 Å². The molecule has 0 heterocycles. The van der Waals surface area contributed by atoms with Crippen molar-refractivity contribution in [3.63, 3.8) is 0 Å². The third-order valence-corrected chi connectivity index (χ3v) is 3.27. The van der Waals surface area contributed by atoms with Gasteiger partial charge >= 0.3 is 6.09 Å². The fourth-order valence-corrected chi connectivity index (χ4v) is 2.08. The van der Waals surface area contributed by atoms with E-state index in [0.717, 1.165) is 6.42 Å². The summed E-state index contributed by atoms with van der Waals surface area (Å²) in [5.74, 6) is -0.0635. The van der Waals surface area contributed by atoms with E-state index in [1.165, 1.54) is 18.2 Å². The van der Waals surface area contributed by atoms with Crippen LogP contribution in [0, 0.1) is 5.82 Å². The van der Waals surface area contributed by atoms with Gasteiger partial charge in [-0.1, -0.05) is 0 Å². The van der Waals surface area contributed by atoms with Crippen molar-refractivity contribution in [2.24, 2.45) is 5.73 Å². The number of carbonyl (C=O) groups excluding carboxylic acids is 1. The largest absolute Gasteiger partial charge is 0.489 e. The van der Waals surface area contributed by atoms with Gasteiger partial charge < -0.3 is 20.3 Å². The molecule has 1 aliphatic rings. The van der Waals surface area contributed by atoms with Gasteiger partial charge in [0, 0.05) is 5.56 Å². The normalized spacial score (nSPS) is 16.5. The third-order valence-electron chi connectivity index (χ3n) is 3.27. The number of amides is 1. The van der Waals surface area contributed by atoms with E-state index >= 15 is 0 Å². The Balaban J connectivity index is 2.03. The molecule has 0 atom stereocenters. The van der Waals surface area contributed by atoms with Gasteiger partial charge in [0.15, 0.2) is 0 Å². The number of rotatable bonds is 5. The Bertz CT molecular complexity index is 474. The van der Waals surface area contributed by atoms with Gasteiger partial charge in [-0.05, 0) is 37.5 Å². The molecule has 0 unspecified atom stereocenters. The predicted octanol–water partition coefficient (Wildman–Crippen LogP) is 1.71. The maximum atomic E-state index is 13.0. The van der Waals surface area contributed by atoms with E-state index in [-0.39, 0.29) is 13.2 Å². The number of ether oxygens (including phenoxy) is 2. The molecule has 2 rings (SSSR count). The van der Waals surface area contributed by atoms with Gasteiger partial charge in [-0.3, -0.25) is 0 Å². The molecule has 0 saturated heterocycles. The zero-order valence-electron chi connectivity index (χ0n) is 10.4. The molecule has 1 aromatic carbocycles. The summed E-state index contributed by atoms with van der Waals surface area (Å²) in [4.78, 5) is 10.8. The number of benzene rings is 1. The summed E-state index contributed by atoms with van der Waals surface area (Å²) in [5.41, 5.74) is 4.69. The van der Waals surface area contributed by atoms with Crippen LogP contribution in [0.1, 0.15) is 24.8 Å². The van der Waals surface area contributed by atoms with Crippen molar-refractivity contribution in [2.75, 3.05) is 6.61 Å². The molecule has 1 fully saturated rings. The van der Waals surface area contributed by atoms with Gasteiger partial charge in [-0.15, -0.1) is 0 Å². The minimum absolute atomic E-state index is 0.147. The zero-order valence-corrected chi connectivity index (χ0v) is 10.4. The van der Waals surface area contributed by atoms with E-state index in [2.05, 4.69) is 0 Å². The second kappa shape index (κ2) is 5.44. The average molecular weight is 269 g/mol. The number of aliphatic hydroxyl groups excluding tert-OH is 1. The first kappa shape index (κ1) is 13.6. The van der Waals surface area contributed by atoms with Crippen LogP contribution in [0.3, 0.4) is 0 Å². The molecule has 1 aliphatic carbocycles. The summed E-state index contributed by atoms with van der Waals surface area (Å²) in [7, 11) is 0. The van der Waals surface area contributed by atoms with Crippen molar-refractivity contribution in [1.29, 1.82) is 0 Å². The monoisotopic (exact) mass is 269 g/mol. The number of hydrogen-bond donors (Lipinski definition) is 2. The molecule has 3 N–H and O–H groups in total. The van der Waals surface area contributed by atoms with Crippen LogP contribution in [-0.4, -0.2) is 23.4 Å². The van der Waals surface area contributed by atoms with Crippen LogP contribution in [0.15, 0.2) is 18.2 Å². The Morgan fingerprint density at radius 1 is 1.47 bits per heavy atom. The van der Waals surface area contributed by atoms with E-state index in [1.54, 1.807) is 0 Å². The number of hydrogen-bond acceptors (Lipinski definition) is 4. The molecule has 0 radical (unpaired) electrons. The third kappa shape index (κ3) is 3.14. The molecule has 1 aromatic rings. The molecule has 1 saturated carbocycles. The maximum absolute atomic E-state index is 13.0. The van der Waals surface area contributed by atoms with Crippen LogP contribution >= 0.6 is 0 Å². The second-order valence-corrected chi connectivity index (χ2v) is 4.66. The Morgan fingerprint density at radius 2 is 2.21 bits per heavy atom. The highest BCUT2D eigenvalue weighted by Crippen LogP contribution is 2.36. The summed E-state index contributed by atoms with van der Waals surface area (Å²) < 4.78 is 23.6. The number of primary amides is 1. The van der Waals surface area contributed by atoms with Gasteiger partial charge in [0.05, 0.1) is 6.61 Å². The van der Waals surface area contributed by atoms with Crippen LogP contribution in [0.2, 0.25) is 0 Å². The second-order valence-electron chi connectivity index (χ2n) is 4.66. The lowest BCUT2D eigenvalue weighted by molar-refractivity contribution is -0.0727. The van der Waals surface area contributed by atoms with E-state index in [0.29, 0.717) is 24.2 Å². The highest BCUT2D eigenvalue weighted by molar-refractivity contribution is 5.65. The van der Waals surface area contributed by atoms with Gasteiger partial charge in [-0.25, -0.2) is 9.18 Å². The molecular weight excluding hydrogens is 253 g/mol. The molecule has 0 aromatic heterocycles. The zero-order chi connectivity index (χ0) is 13.9. The summed E-state index contributed by atoms with van der Waals surface area (Å²) in [5, 5.41) is 9.14. The van der Waals surface area contributed by atoms with Crippen molar-refractivity contribution in [3.8, 4) is 5.75 Å². The van der Waals surface area contributed by atoms with Gasteiger partial charge in [0.25, 0.3) is 0 Å². The van der Waals surface area contributed by atoms with Crippen molar-refractivity contribution >= 4 is 6.09 Å². The lowest BCUT2D eigenvalue weighted by Crippen LogP contribution is -2.48. The van der Waals surface area contributed by atoms with Crippen molar-refractivity contribution in [3.05, 3.63) is 29.6 Å². The average Bonchev–Trinajstić information content (AvgIpc) is 2.33. The SMILES string of the molecule is NC(=O)OC1(COc2ccc(F)cc2CO)CCC1. The van der Waals surface area contributed by atoms with Crippen LogP contribution in [0.4, 0.5) is 9.18 Å². The smallest absolute Gasteiger partial charge is 0.405 e. The first-order valence-electron chi connectivity index (χ1n) is 6.05. The highest BCUT2D eigenvalue weighted by atomic mass is 19.1. The molecule has 6 heteroatoms. The van der Waals surface area contributed by atoms with E-state index < -0.39 is 17.5 Å². The van der Waals surface area contributed by atoms with Crippen molar-refractivity contribution in [1.82, 2.24) is 0 Å². The summed E-state index contributed by atoms with van der Waals surface area (Å²) in [6.07, 6.45) is 1.48. The number of carbonyl (C=O) groups is 1. The minimum Gasteiger partial charge on any atom is -0.489 e. The van der Waals surface area contributed by atoms with Gasteiger partial charge in [0.1, 0.15) is 23.8 Å². The fourth-order valence-electron chi connectivity index (χ4n) is 2.08. The topological polar surface area (TPSA) is 81.8 Å². The lowest BCUT2D eigenvalue weighted by Gasteiger charge is -2.39. The van der Waals surface area contributed by atoms with Crippen molar-refractivity contribution in [2.45, 2.75) is 31.5 Å². The highest BCUT2D eigenvalue weighted by Gasteiger charge is 2.41. The van der Waals surface area contributed by atoms with E-state index in [4.69, 9.17) is 20.3 Å². The minimum atomic E-state index is -0.829. The Labute approximate surface area is 110 Å². The van der Waals surface area contributed by atoms with Crippen LogP contribution < -0.4 is 10.5 Å². The molecule has 0 spiro atoms. The summed E-state index contributed by atoms with van der Waals surface area (Å²) in [6, 6.07) is 3.89. The first-order chi connectivity index (χ1) is 9.04. The maximum Gasteiger partial charge on any atom is 0.405 e. The Kier molecular flexibility index (Phi) is 3.90. The molecule has 5 nitrogen and oxygen atoms in total. The quantitative estimate of drug-likeness (QED) is 0.852. The predicted molar refractivity (Wildman–Crippen MR) is 65.1 cm³/mol. The molecular formula is C13H16FNO4. The lowest BCUT2D eigenvalue weighted by atomic mass is 9.80. The van der Waals surface area contributed by atoms with Crippen LogP contribution in [0.5, 0.6) is 5.75 Å². The number of nitrogens with two attached hydrogens (primary N) is 1. The van der Waals surface area contributed by atoms with Crippen LogP contribution in [-0.2, 0) is 11.3 Å². The summed E-state index contributed by atoms with van der Waals surface area (Å²) >= 11 is 0. The van der Waals surface area contributed by atoms with E-state index in [9.17, 15) is 9.18 Å². The Morgan fingerprint density at radius 3 is 2.74 bits per heavy atom. The Hall–Kier alpha value is -1.82. The standard InChI is InChI=1S/C13H16FNO4/c14-10-2-3-11(9(6-10)7-16)18-8-13(4-1-5-13)19-12(15)17/h2-3,6,16H,1,4-5,7-8H2,(H2,15,17). The first-order valence-corrected chi connectivity index (χ1v) is 6.05. The summed E-state index contributed by atoms with van der Waals surface area (Å²) in [6.45, 7) is -0.175. The number of halogens is 1. The molecule has 0 aliphatic heterocycles. The molecule has 104 valence electrons. The van der Waals surface area contributed by atoms with Gasteiger partial charge in [0.2, 0.25) is 0 Å². The van der Waals surface area contributed by atoms with Crippen LogP contribution in [0.25, 0.3) is 0 Å². The van der Waals surface area contributed by atoms with Gasteiger partial charge in [-0.2, -0.15) is 0 Å². The van der Waals surface area contributed by atoms with E-state index in [1.807, 2.05) is 0 Å². The number of aliphatic hydroxyl groups is 1. The molecule has 1 amide bonds. The fraction of sp³-hybridized carbons (Fsp3) is 0.462. The molecule has 0 bridgehead atoms.